The molecule has 162 valence electrons. The molecule has 1 aliphatic heterocycles. The number of ether oxygens (including phenoxy) is 2. The number of phenols is 1. The second kappa shape index (κ2) is 8.94. The van der Waals surface area contributed by atoms with Gasteiger partial charge < -0.3 is 14.6 Å². The van der Waals surface area contributed by atoms with Crippen molar-refractivity contribution < 1.29 is 19.4 Å². The highest BCUT2D eigenvalue weighted by Crippen LogP contribution is 2.38. The lowest BCUT2D eigenvalue weighted by Gasteiger charge is -2.12. The van der Waals surface area contributed by atoms with Crippen LogP contribution in [0.25, 0.3) is 6.08 Å². The number of phenolic OH excluding ortho intramolecular Hbond substituents is 1. The van der Waals surface area contributed by atoms with E-state index in [2.05, 4.69) is 5.10 Å². The van der Waals surface area contributed by atoms with Gasteiger partial charge in [0.05, 0.1) is 35.5 Å². The Labute approximate surface area is 194 Å². The van der Waals surface area contributed by atoms with Gasteiger partial charge in [-0.05, 0) is 42.0 Å². The van der Waals surface area contributed by atoms with Crippen molar-refractivity contribution in [2.24, 2.45) is 5.10 Å². The molecular weight excluding hydrogens is 451 g/mol. The van der Waals surface area contributed by atoms with Gasteiger partial charge in [-0.3, -0.25) is 4.79 Å². The van der Waals surface area contributed by atoms with E-state index >= 15 is 0 Å². The predicted molar refractivity (Wildman–Crippen MR) is 126 cm³/mol. The second-order valence-corrected chi connectivity index (χ2v) is 7.68. The first-order valence-electron chi connectivity index (χ1n) is 9.53. The number of methoxy groups -OCH3 is 2. The van der Waals surface area contributed by atoms with Crippen molar-refractivity contribution in [2.45, 2.75) is 0 Å². The number of nitrogens with zero attached hydrogens (tertiary/aromatic N) is 2. The number of carbonyl (C=O) groups excluding carboxylic acids is 1. The molecular formula is C24H18Cl2N2O4. The molecule has 0 saturated heterocycles. The normalized spacial score (nSPS) is 14.6. The average molecular weight is 469 g/mol. The number of anilines is 1. The Morgan fingerprint density at radius 2 is 1.59 bits per heavy atom. The number of benzene rings is 3. The first-order valence-corrected chi connectivity index (χ1v) is 10.3. The van der Waals surface area contributed by atoms with Crippen molar-refractivity contribution in [2.75, 3.05) is 19.2 Å². The summed E-state index contributed by atoms with van der Waals surface area (Å²) in [7, 11) is 2.88. The number of hydrazone groups is 1. The second-order valence-electron chi connectivity index (χ2n) is 6.86. The zero-order chi connectivity index (χ0) is 22.8. The van der Waals surface area contributed by atoms with Crippen molar-refractivity contribution in [1.82, 2.24) is 0 Å². The molecule has 0 spiro atoms. The predicted octanol–water partition coefficient (Wildman–Crippen LogP) is 5.55. The van der Waals surface area contributed by atoms with E-state index in [-0.39, 0.29) is 23.2 Å². The fraction of sp³-hybridized carbons (Fsp3) is 0.0833. The van der Waals surface area contributed by atoms with Gasteiger partial charge in [0.15, 0.2) is 11.5 Å². The number of carbonyl (C=O) groups is 1. The summed E-state index contributed by atoms with van der Waals surface area (Å²) < 4.78 is 10.5. The molecule has 32 heavy (non-hydrogen) atoms. The molecule has 0 bridgehead atoms. The highest BCUT2D eigenvalue weighted by molar-refractivity contribution is 6.42. The largest absolute Gasteiger partial charge is 0.502 e. The number of amides is 1. The molecule has 1 N–H and O–H groups in total. The Morgan fingerprint density at radius 3 is 2.19 bits per heavy atom. The molecule has 3 aromatic rings. The molecule has 1 amide bonds. The van der Waals surface area contributed by atoms with Crippen LogP contribution < -0.4 is 14.5 Å². The lowest BCUT2D eigenvalue weighted by Crippen LogP contribution is -2.21. The van der Waals surface area contributed by atoms with Gasteiger partial charge in [-0.25, -0.2) is 0 Å². The smallest absolute Gasteiger partial charge is 0.281 e. The van der Waals surface area contributed by atoms with Crippen LogP contribution in [0.1, 0.15) is 11.1 Å². The van der Waals surface area contributed by atoms with E-state index in [1.165, 1.54) is 19.2 Å². The zero-order valence-electron chi connectivity index (χ0n) is 17.2. The summed E-state index contributed by atoms with van der Waals surface area (Å²) in [6.45, 7) is 0. The van der Waals surface area contributed by atoms with Crippen molar-refractivity contribution in [3.05, 3.63) is 87.4 Å². The maximum absolute atomic E-state index is 13.4. The molecule has 3 aromatic carbocycles. The average Bonchev–Trinajstić information content (AvgIpc) is 3.13. The van der Waals surface area contributed by atoms with Crippen LogP contribution >= 0.6 is 23.2 Å². The summed E-state index contributed by atoms with van der Waals surface area (Å²) in [5.41, 5.74) is 2.71. The van der Waals surface area contributed by atoms with E-state index in [4.69, 9.17) is 32.7 Å². The van der Waals surface area contributed by atoms with Crippen LogP contribution in [0.15, 0.2) is 71.3 Å². The third kappa shape index (κ3) is 4.02. The molecule has 1 aliphatic rings. The van der Waals surface area contributed by atoms with E-state index < -0.39 is 0 Å². The molecule has 8 heteroatoms. The summed E-state index contributed by atoms with van der Waals surface area (Å²) in [6.07, 6.45) is 1.68. The Bertz CT molecular complexity index is 1230. The van der Waals surface area contributed by atoms with Gasteiger partial charge in [0.1, 0.15) is 5.71 Å². The first kappa shape index (κ1) is 21.7. The highest BCUT2D eigenvalue weighted by atomic mass is 35.5. The maximum Gasteiger partial charge on any atom is 0.281 e. The zero-order valence-corrected chi connectivity index (χ0v) is 18.7. The quantitative estimate of drug-likeness (QED) is 0.498. The molecule has 6 nitrogen and oxygen atoms in total. The molecule has 0 aromatic heterocycles. The van der Waals surface area contributed by atoms with Gasteiger partial charge in [-0.1, -0.05) is 53.5 Å². The maximum atomic E-state index is 13.4. The third-order valence-electron chi connectivity index (χ3n) is 4.89. The number of rotatable bonds is 5. The van der Waals surface area contributed by atoms with Gasteiger partial charge >= 0.3 is 0 Å². The summed E-state index contributed by atoms with van der Waals surface area (Å²) in [5, 5.41) is 16.8. The van der Waals surface area contributed by atoms with Crippen molar-refractivity contribution in [3.63, 3.8) is 0 Å². The van der Waals surface area contributed by atoms with Crippen LogP contribution in [0.5, 0.6) is 17.2 Å². The molecule has 0 saturated carbocycles. The van der Waals surface area contributed by atoms with Crippen LogP contribution in [0.3, 0.4) is 0 Å². The van der Waals surface area contributed by atoms with Gasteiger partial charge in [0.2, 0.25) is 5.75 Å². The summed E-state index contributed by atoms with van der Waals surface area (Å²) >= 11 is 12.2. The Hall–Kier alpha value is -3.48. The van der Waals surface area contributed by atoms with Gasteiger partial charge in [0.25, 0.3) is 5.91 Å². The van der Waals surface area contributed by atoms with Crippen LogP contribution in [0.2, 0.25) is 10.0 Å². The van der Waals surface area contributed by atoms with Crippen molar-refractivity contribution >= 4 is 46.6 Å². The van der Waals surface area contributed by atoms with Crippen LogP contribution in [0, 0.1) is 0 Å². The monoisotopic (exact) mass is 468 g/mol. The van der Waals surface area contributed by atoms with Crippen LogP contribution in [-0.4, -0.2) is 30.9 Å². The standard InChI is InChI=1S/C24H18Cl2N2O4/c1-31-20-11-14(12-21(32-2)23(20)29)10-17-22(15-6-4-3-5-7-15)27-28(24(17)30)16-8-9-18(25)19(26)13-16/h3-13,29H,1-2H3/b17-10-. The Morgan fingerprint density at radius 1 is 0.938 bits per heavy atom. The molecule has 4 rings (SSSR count). The molecule has 0 unspecified atom stereocenters. The van der Waals surface area contributed by atoms with Gasteiger partial charge in [-0.2, -0.15) is 10.1 Å². The molecule has 1 heterocycles. The summed E-state index contributed by atoms with van der Waals surface area (Å²) in [6, 6.07) is 17.5. The minimum absolute atomic E-state index is 0.121. The Kier molecular flexibility index (Phi) is 6.08. The molecule has 0 radical (unpaired) electrons. The minimum Gasteiger partial charge on any atom is -0.502 e. The highest BCUT2D eigenvalue weighted by Gasteiger charge is 2.32. The fourth-order valence-electron chi connectivity index (χ4n) is 3.31. The van der Waals surface area contributed by atoms with E-state index in [1.807, 2.05) is 30.3 Å². The minimum atomic E-state index is -0.340. The van der Waals surface area contributed by atoms with Gasteiger partial charge in [-0.15, -0.1) is 0 Å². The number of hydrogen-bond donors (Lipinski definition) is 1. The third-order valence-corrected chi connectivity index (χ3v) is 5.63. The fourth-order valence-corrected chi connectivity index (χ4v) is 3.60. The topological polar surface area (TPSA) is 71.4 Å². The van der Waals surface area contributed by atoms with E-state index in [9.17, 15) is 9.90 Å². The Balaban J connectivity index is 1.86. The molecule has 0 atom stereocenters. The molecule has 0 fully saturated rings. The van der Waals surface area contributed by atoms with E-state index in [0.29, 0.717) is 32.6 Å². The van der Waals surface area contributed by atoms with E-state index in [1.54, 1.807) is 36.4 Å². The lowest BCUT2D eigenvalue weighted by molar-refractivity contribution is -0.114. The number of aromatic hydroxyl groups is 1. The lowest BCUT2D eigenvalue weighted by atomic mass is 10.00. The van der Waals surface area contributed by atoms with Crippen molar-refractivity contribution in [3.8, 4) is 17.2 Å². The summed E-state index contributed by atoms with van der Waals surface area (Å²) in [4.78, 5) is 13.4. The van der Waals surface area contributed by atoms with Crippen LogP contribution in [0.4, 0.5) is 5.69 Å². The van der Waals surface area contributed by atoms with Crippen molar-refractivity contribution in [1.29, 1.82) is 0 Å². The number of halogens is 2. The first-order chi connectivity index (χ1) is 15.4. The van der Waals surface area contributed by atoms with E-state index in [0.717, 1.165) is 5.56 Å². The molecule has 0 aliphatic carbocycles. The summed E-state index contributed by atoms with van der Waals surface area (Å²) in [5.74, 6) is -0.0140. The van der Waals surface area contributed by atoms with Crippen LogP contribution in [-0.2, 0) is 4.79 Å². The van der Waals surface area contributed by atoms with Gasteiger partial charge in [0, 0.05) is 5.56 Å². The SMILES string of the molecule is COc1cc(/C=C2\C(=O)N(c3ccc(Cl)c(Cl)c3)N=C2c2ccccc2)cc(OC)c1O. The number of hydrogen-bond acceptors (Lipinski definition) is 5.